The zero-order valence-corrected chi connectivity index (χ0v) is 12.7. The van der Waals surface area contributed by atoms with Crippen molar-refractivity contribution in [2.45, 2.75) is 39.3 Å². The van der Waals surface area contributed by atoms with Gasteiger partial charge < -0.3 is 15.0 Å². The number of amides is 1. The number of benzene rings is 1. The lowest BCUT2D eigenvalue weighted by molar-refractivity contribution is -0.139. The van der Waals surface area contributed by atoms with Crippen molar-refractivity contribution >= 4 is 11.6 Å². The number of nitrogens with one attached hydrogen (secondary N) is 1. The molecule has 0 saturated heterocycles. The Kier molecular flexibility index (Phi) is 4.53. The molecule has 1 N–H and O–H groups in total. The van der Waals surface area contributed by atoms with Crippen LogP contribution in [0.4, 0.5) is 5.69 Å². The van der Waals surface area contributed by atoms with E-state index in [1.54, 1.807) is 4.90 Å². The molecule has 2 atom stereocenters. The van der Waals surface area contributed by atoms with Gasteiger partial charge in [0.15, 0.2) is 6.10 Å². The van der Waals surface area contributed by atoms with Crippen LogP contribution in [0.1, 0.15) is 27.2 Å². The first kappa shape index (κ1) is 14.7. The number of rotatable bonds is 4. The first-order valence-corrected chi connectivity index (χ1v) is 7.25. The monoisotopic (exact) mass is 276 g/mol. The molecule has 1 aliphatic rings. The van der Waals surface area contributed by atoms with Crippen molar-refractivity contribution < 1.29 is 9.53 Å². The van der Waals surface area contributed by atoms with Crippen LogP contribution in [0.15, 0.2) is 24.3 Å². The minimum absolute atomic E-state index is 0.0418. The number of likely N-dealkylation sites (N-methyl/N-ethyl adjacent to an activating group) is 1. The summed E-state index contributed by atoms with van der Waals surface area (Å²) in [5.41, 5.74) is 0.953. The van der Waals surface area contributed by atoms with E-state index in [2.05, 4.69) is 26.1 Å². The molecule has 0 aromatic heterocycles. The Balaban J connectivity index is 2.00. The van der Waals surface area contributed by atoms with E-state index in [9.17, 15) is 4.79 Å². The number of carbonyl (C=O) groups is 1. The van der Waals surface area contributed by atoms with Crippen LogP contribution >= 0.6 is 0 Å². The lowest BCUT2D eigenvalue weighted by Crippen LogP contribution is -2.48. The highest BCUT2D eigenvalue weighted by atomic mass is 16.5. The molecular weight excluding hydrogens is 252 g/mol. The third-order valence-electron chi connectivity index (χ3n) is 3.73. The largest absolute Gasteiger partial charge is 0.477 e. The number of fused-ring (bicyclic) bond motifs is 1. The van der Waals surface area contributed by atoms with Gasteiger partial charge in [-0.1, -0.05) is 26.0 Å². The van der Waals surface area contributed by atoms with Crippen LogP contribution in [-0.4, -0.2) is 36.5 Å². The molecule has 0 bridgehead atoms. The number of carbonyl (C=O) groups excluding carboxylic acids is 1. The SMILES string of the molecule is CC(C)CC(C)N(C)C(=O)C1CNc2ccccc2O1. The molecule has 0 saturated carbocycles. The highest BCUT2D eigenvalue weighted by Crippen LogP contribution is 2.28. The molecule has 1 aliphatic heterocycles. The first-order valence-electron chi connectivity index (χ1n) is 7.25. The van der Waals surface area contributed by atoms with Crippen LogP contribution in [0.25, 0.3) is 0 Å². The number of hydrogen-bond donors (Lipinski definition) is 1. The van der Waals surface area contributed by atoms with Gasteiger partial charge in [-0.2, -0.15) is 0 Å². The van der Waals surface area contributed by atoms with Crippen LogP contribution in [-0.2, 0) is 4.79 Å². The fourth-order valence-corrected chi connectivity index (χ4v) is 2.54. The molecule has 0 radical (unpaired) electrons. The molecule has 2 rings (SSSR count). The van der Waals surface area contributed by atoms with Crippen LogP contribution in [0.3, 0.4) is 0 Å². The molecule has 4 nitrogen and oxygen atoms in total. The third-order valence-corrected chi connectivity index (χ3v) is 3.73. The summed E-state index contributed by atoms with van der Waals surface area (Å²) in [6.45, 7) is 6.95. The van der Waals surface area contributed by atoms with Crippen molar-refractivity contribution in [1.82, 2.24) is 4.90 Å². The number of hydrogen-bond acceptors (Lipinski definition) is 3. The Morgan fingerprint density at radius 3 is 2.80 bits per heavy atom. The van der Waals surface area contributed by atoms with Gasteiger partial charge in [-0.15, -0.1) is 0 Å². The van der Waals surface area contributed by atoms with E-state index >= 15 is 0 Å². The Morgan fingerprint density at radius 2 is 2.10 bits per heavy atom. The van der Waals surface area contributed by atoms with Crippen molar-refractivity contribution in [1.29, 1.82) is 0 Å². The normalized spacial score (nSPS) is 18.8. The highest BCUT2D eigenvalue weighted by molar-refractivity contribution is 5.83. The van der Waals surface area contributed by atoms with Gasteiger partial charge in [-0.25, -0.2) is 0 Å². The summed E-state index contributed by atoms with van der Waals surface area (Å²) in [7, 11) is 1.86. The van der Waals surface area contributed by atoms with Gasteiger partial charge in [0, 0.05) is 13.1 Å². The van der Waals surface area contributed by atoms with Crippen molar-refractivity contribution in [3.63, 3.8) is 0 Å². The molecule has 0 aliphatic carbocycles. The summed E-state index contributed by atoms with van der Waals surface area (Å²) in [6.07, 6.45) is 0.559. The van der Waals surface area contributed by atoms with Gasteiger partial charge in [0.25, 0.3) is 5.91 Å². The summed E-state index contributed by atoms with van der Waals surface area (Å²) in [5, 5.41) is 3.26. The van der Waals surface area contributed by atoms with Gasteiger partial charge in [0.2, 0.25) is 0 Å². The number of para-hydroxylation sites is 2. The number of nitrogens with zero attached hydrogens (tertiary/aromatic N) is 1. The maximum Gasteiger partial charge on any atom is 0.265 e. The topological polar surface area (TPSA) is 41.6 Å². The maximum absolute atomic E-state index is 12.5. The summed E-state index contributed by atoms with van der Waals surface area (Å²) in [4.78, 5) is 14.3. The molecule has 0 fully saturated rings. The van der Waals surface area contributed by atoms with Crippen molar-refractivity contribution in [2.75, 3.05) is 18.9 Å². The summed E-state index contributed by atoms with van der Waals surface area (Å²) < 4.78 is 5.82. The quantitative estimate of drug-likeness (QED) is 0.919. The van der Waals surface area contributed by atoms with E-state index in [0.29, 0.717) is 12.5 Å². The van der Waals surface area contributed by atoms with Gasteiger partial charge in [-0.05, 0) is 31.4 Å². The van der Waals surface area contributed by atoms with Crippen molar-refractivity contribution in [3.8, 4) is 5.75 Å². The van der Waals surface area contributed by atoms with E-state index in [0.717, 1.165) is 17.9 Å². The van der Waals surface area contributed by atoms with Gasteiger partial charge in [-0.3, -0.25) is 4.79 Å². The second-order valence-electron chi connectivity index (χ2n) is 5.91. The zero-order valence-electron chi connectivity index (χ0n) is 12.7. The minimum atomic E-state index is -0.440. The molecule has 1 aromatic carbocycles. The van der Waals surface area contributed by atoms with E-state index < -0.39 is 6.10 Å². The Hall–Kier alpha value is -1.71. The van der Waals surface area contributed by atoms with E-state index in [1.165, 1.54) is 0 Å². The average Bonchev–Trinajstić information content (AvgIpc) is 2.44. The third kappa shape index (κ3) is 3.24. The van der Waals surface area contributed by atoms with Crippen LogP contribution in [0.5, 0.6) is 5.75 Å². The predicted molar refractivity (Wildman–Crippen MR) is 81.0 cm³/mol. The molecule has 0 spiro atoms. The predicted octanol–water partition coefficient (Wildman–Crippen LogP) is 2.75. The fourth-order valence-electron chi connectivity index (χ4n) is 2.54. The minimum Gasteiger partial charge on any atom is -0.477 e. The highest BCUT2D eigenvalue weighted by Gasteiger charge is 2.30. The van der Waals surface area contributed by atoms with E-state index in [1.807, 2.05) is 31.3 Å². The molecule has 20 heavy (non-hydrogen) atoms. The molecule has 110 valence electrons. The maximum atomic E-state index is 12.5. The van der Waals surface area contributed by atoms with E-state index in [4.69, 9.17) is 4.74 Å². The molecular formula is C16H24N2O2. The lowest BCUT2D eigenvalue weighted by atomic mass is 10.0. The van der Waals surface area contributed by atoms with Gasteiger partial charge in [0.1, 0.15) is 5.75 Å². The van der Waals surface area contributed by atoms with Gasteiger partial charge in [0.05, 0.1) is 12.2 Å². The Morgan fingerprint density at radius 1 is 1.40 bits per heavy atom. The summed E-state index contributed by atoms with van der Waals surface area (Å²) in [6, 6.07) is 7.94. The second kappa shape index (κ2) is 6.16. The van der Waals surface area contributed by atoms with Crippen molar-refractivity contribution in [3.05, 3.63) is 24.3 Å². The van der Waals surface area contributed by atoms with Crippen LogP contribution in [0.2, 0.25) is 0 Å². The molecule has 1 amide bonds. The zero-order chi connectivity index (χ0) is 14.7. The molecule has 4 heteroatoms. The van der Waals surface area contributed by atoms with Crippen LogP contribution < -0.4 is 10.1 Å². The first-order chi connectivity index (χ1) is 9.49. The lowest BCUT2D eigenvalue weighted by Gasteiger charge is -2.32. The average molecular weight is 276 g/mol. The number of ether oxygens (including phenoxy) is 1. The number of anilines is 1. The summed E-state index contributed by atoms with van der Waals surface area (Å²) in [5.74, 6) is 1.37. The van der Waals surface area contributed by atoms with Gasteiger partial charge >= 0.3 is 0 Å². The smallest absolute Gasteiger partial charge is 0.265 e. The Labute approximate surface area is 121 Å². The second-order valence-corrected chi connectivity index (χ2v) is 5.91. The standard InChI is InChI=1S/C16H24N2O2/c1-11(2)9-12(3)18(4)16(19)15-10-17-13-7-5-6-8-14(13)20-15/h5-8,11-12,15,17H,9-10H2,1-4H3. The Bertz CT molecular complexity index is 473. The van der Waals surface area contributed by atoms with E-state index in [-0.39, 0.29) is 11.9 Å². The molecule has 2 unspecified atom stereocenters. The molecule has 1 aromatic rings. The van der Waals surface area contributed by atoms with Crippen molar-refractivity contribution in [2.24, 2.45) is 5.92 Å². The summed E-state index contributed by atoms with van der Waals surface area (Å²) >= 11 is 0. The molecule has 1 heterocycles. The van der Waals surface area contributed by atoms with Crippen LogP contribution in [0, 0.1) is 5.92 Å². The fraction of sp³-hybridized carbons (Fsp3) is 0.562.